The van der Waals surface area contributed by atoms with Crippen molar-refractivity contribution < 1.29 is 35.9 Å². The number of Topliss-reactive ketones (excluding diaryl/α,β-unsaturated/α-hetero) is 1. The third kappa shape index (κ3) is 7.25. The summed E-state index contributed by atoms with van der Waals surface area (Å²) in [6, 6.07) is 17.0. The number of hydrogen-bond acceptors (Lipinski definition) is 8. The highest BCUT2D eigenvalue weighted by molar-refractivity contribution is 7.92. The van der Waals surface area contributed by atoms with E-state index in [-0.39, 0.29) is 21.3 Å². The Morgan fingerprint density at radius 1 is 0.917 bits per heavy atom. The number of methoxy groups -OCH3 is 1. The molecule has 0 aliphatic rings. The van der Waals surface area contributed by atoms with Crippen molar-refractivity contribution in [3.05, 3.63) is 90.0 Å². The third-order valence-corrected chi connectivity index (χ3v) is 7.08. The number of ether oxygens (including phenoxy) is 2. The second-order valence-corrected chi connectivity index (χ2v) is 10.6. The minimum atomic E-state index is -4.02. The summed E-state index contributed by atoms with van der Waals surface area (Å²) in [6.45, 7) is -0.439. The fourth-order valence-corrected chi connectivity index (χ4v) is 4.53. The minimum absolute atomic E-state index is 0.0254. The van der Waals surface area contributed by atoms with E-state index in [0.717, 1.165) is 12.1 Å². The number of hydrogen-bond donors (Lipinski definition) is 2. The number of primary sulfonamides is 1. The summed E-state index contributed by atoms with van der Waals surface area (Å²) < 4.78 is 60.4. The molecule has 3 aromatic rings. The molecular formula is C24H22N2O8S2. The molecule has 0 heterocycles. The van der Waals surface area contributed by atoms with Gasteiger partial charge in [-0.25, -0.2) is 26.8 Å². The number of nitrogens with one attached hydrogen (secondary N) is 1. The van der Waals surface area contributed by atoms with E-state index in [9.17, 15) is 26.4 Å². The molecule has 188 valence electrons. The summed E-state index contributed by atoms with van der Waals surface area (Å²) in [5, 5.41) is 5.07. The zero-order valence-corrected chi connectivity index (χ0v) is 20.6. The highest BCUT2D eigenvalue weighted by Gasteiger charge is 2.16. The smallest absolute Gasteiger partial charge is 0.331 e. The van der Waals surface area contributed by atoms with E-state index in [0.29, 0.717) is 16.9 Å². The van der Waals surface area contributed by atoms with Crippen LogP contribution in [0.15, 0.2) is 88.7 Å². The molecule has 0 radical (unpaired) electrons. The first-order valence-electron chi connectivity index (χ1n) is 10.3. The standard InChI is InChI=1S/C24H22N2O8S2/c1-33-20-10-8-18(9-11-20)23(27)16-34-24(28)14-7-17-5-12-21(13-6-17)36(31,32)26-19-3-2-4-22(15-19)35(25,29)30/h2-15,26H,16H2,1H3,(H2,25,29,30)/b14-7+. The molecule has 0 unspecified atom stereocenters. The number of benzene rings is 3. The average molecular weight is 531 g/mol. The van der Waals surface area contributed by atoms with Gasteiger partial charge in [-0.2, -0.15) is 0 Å². The van der Waals surface area contributed by atoms with Crippen LogP contribution in [0.5, 0.6) is 5.75 Å². The molecule has 10 nitrogen and oxygen atoms in total. The first-order chi connectivity index (χ1) is 17.0. The van der Waals surface area contributed by atoms with E-state index in [1.807, 2.05) is 0 Å². The summed E-state index contributed by atoms with van der Waals surface area (Å²) in [4.78, 5) is 23.7. The molecule has 0 spiro atoms. The van der Waals surface area contributed by atoms with Crippen molar-refractivity contribution in [3.8, 4) is 5.75 Å². The lowest BCUT2D eigenvalue weighted by Gasteiger charge is -2.09. The molecule has 0 aromatic heterocycles. The number of rotatable bonds is 10. The number of esters is 1. The van der Waals surface area contributed by atoms with Crippen LogP contribution in [0, 0.1) is 0 Å². The number of nitrogens with two attached hydrogens (primary N) is 1. The maximum absolute atomic E-state index is 12.6. The third-order valence-electron chi connectivity index (χ3n) is 4.77. The first kappa shape index (κ1) is 26.6. The monoisotopic (exact) mass is 530 g/mol. The molecule has 0 bridgehead atoms. The molecule has 3 rings (SSSR count). The van der Waals surface area contributed by atoms with Gasteiger partial charge in [-0.1, -0.05) is 18.2 Å². The minimum Gasteiger partial charge on any atom is -0.497 e. The molecule has 3 aromatic carbocycles. The fraction of sp³-hybridized carbons (Fsp3) is 0.0833. The topological polar surface area (TPSA) is 159 Å². The van der Waals surface area contributed by atoms with Gasteiger partial charge in [0, 0.05) is 11.6 Å². The Bertz CT molecular complexity index is 1500. The van der Waals surface area contributed by atoms with Crippen molar-refractivity contribution in [2.75, 3.05) is 18.4 Å². The van der Waals surface area contributed by atoms with E-state index in [1.165, 1.54) is 55.7 Å². The number of carbonyl (C=O) groups excluding carboxylic acids is 2. The second-order valence-electron chi connectivity index (χ2n) is 7.34. The number of sulfonamides is 2. The van der Waals surface area contributed by atoms with Crippen LogP contribution in [-0.2, 0) is 29.6 Å². The van der Waals surface area contributed by atoms with Crippen LogP contribution in [-0.4, -0.2) is 42.3 Å². The van der Waals surface area contributed by atoms with Gasteiger partial charge in [0.2, 0.25) is 10.0 Å². The maximum Gasteiger partial charge on any atom is 0.331 e. The van der Waals surface area contributed by atoms with E-state index in [1.54, 1.807) is 24.3 Å². The zero-order valence-electron chi connectivity index (χ0n) is 18.9. The van der Waals surface area contributed by atoms with Gasteiger partial charge in [0.15, 0.2) is 12.4 Å². The molecule has 0 amide bonds. The van der Waals surface area contributed by atoms with Gasteiger partial charge in [-0.3, -0.25) is 9.52 Å². The van der Waals surface area contributed by atoms with Crippen LogP contribution in [0.3, 0.4) is 0 Å². The van der Waals surface area contributed by atoms with Crippen LogP contribution in [0.25, 0.3) is 6.08 Å². The van der Waals surface area contributed by atoms with E-state index >= 15 is 0 Å². The lowest BCUT2D eigenvalue weighted by atomic mass is 10.1. The van der Waals surface area contributed by atoms with Crippen molar-refractivity contribution in [1.82, 2.24) is 0 Å². The Balaban J connectivity index is 1.59. The molecule has 12 heteroatoms. The molecule has 0 saturated heterocycles. The van der Waals surface area contributed by atoms with E-state index in [2.05, 4.69) is 4.72 Å². The van der Waals surface area contributed by atoms with Gasteiger partial charge >= 0.3 is 5.97 Å². The van der Waals surface area contributed by atoms with Gasteiger partial charge in [-0.15, -0.1) is 0 Å². The Kier molecular flexibility index (Phi) is 8.25. The Morgan fingerprint density at radius 2 is 1.58 bits per heavy atom. The van der Waals surface area contributed by atoms with E-state index in [4.69, 9.17) is 14.6 Å². The molecule has 0 atom stereocenters. The first-order valence-corrected chi connectivity index (χ1v) is 13.3. The SMILES string of the molecule is COc1ccc(C(=O)COC(=O)/C=C/c2ccc(S(=O)(=O)Nc3cccc(S(N)(=O)=O)c3)cc2)cc1. The van der Waals surface area contributed by atoms with Gasteiger partial charge in [0.05, 0.1) is 22.6 Å². The van der Waals surface area contributed by atoms with Crippen molar-refractivity contribution >= 4 is 43.6 Å². The number of anilines is 1. The van der Waals surface area contributed by atoms with Crippen molar-refractivity contribution in [2.24, 2.45) is 5.14 Å². The Hall–Kier alpha value is -4.00. The molecular weight excluding hydrogens is 508 g/mol. The summed E-state index contributed by atoms with van der Waals surface area (Å²) in [6.07, 6.45) is 2.52. The maximum atomic E-state index is 12.6. The Labute approximate surface area is 208 Å². The molecule has 0 saturated carbocycles. The van der Waals surface area contributed by atoms with Gasteiger partial charge in [-0.05, 0) is 66.2 Å². The van der Waals surface area contributed by atoms with Crippen molar-refractivity contribution in [3.63, 3.8) is 0 Å². The van der Waals surface area contributed by atoms with Gasteiger partial charge in [0.25, 0.3) is 10.0 Å². The second kappa shape index (κ2) is 11.2. The zero-order chi connectivity index (χ0) is 26.3. The van der Waals surface area contributed by atoms with Crippen LogP contribution in [0.1, 0.15) is 15.9 Å². The average Bonchev–Trinajstić information content (AvgIpc) is 2.85. The van der Waals surface area contributed by atoms with Crippen LogP contribution < -0.4 is 14.6 Å². The molecule has 36 heavy (non-hydrogen) atoms. The van der Waals surface area contributed by atoms with Gasteiger partial charge in [0.1, 0.15) is 5.75 Å². The Morgan fingerprint density at radius 3 is 2.19 bits per heavy atom. The molecule has 3 N–H and O–H groups in total. The lowest BCUT2D eigenvalue weighted by Crippen LogP contribution is -2.15. The summed E-state index contributed by atoms with van der Waals surface area (Å²) in [5.74, 6) is -0.529. The van der Waals surface area contributed by atoms with E-state index < -0.39 is 32.6 Å². The molecule has 0 aliphatic carbocycles. The predicted molar refractivity (Wildman–Crippen MR) is 132 cm³/mol. The summed E-state index contributed by atoms with van der Waals surface area (Å²) >= 11 is 0. The number of carbonyl (C=O) groups is 2. The van der Waals surface area contributed by atoms with Crippen molar-refractivity contribution in [2.45, 2.75) is 9.79 Å². The van der Waals surface area contributed by atoms with Gasteiger partial charge < -0.3 is 9.47 Å². The molecule has 0 fully saturated rings. The van der Waals surface area contributed by atoms with Crippen molar-refractivity contribution in [1.29, 1.82) is 0 Å². The summed E-state index contributed by atoms with van der Waals surface area (Å²) in [5.41, 5.74) is 0.899. The highest BCUT2D eigenvalue weighted by Crippen LogP contribution is 2.20. The fourth-order valence-electron chi connectivity index (χ4n) is 2.92. The quantitative estimate of drug-likeness (QED) is 0.230. The molecule has 0 aliphatic heterocycles. The van der Waals surface area contributed by atoms with Crippen LogP contribution in [0.4, 0.5) is 5.69 Å². The summed E-state index contributed by atoms with van der Waals surface area (Å²) in [7, 11) is -6.51. The number of ketones is 1. The van der Waals surface area contributed by atoms with Crippen LogP contribution in [0.2, 0.25) is 0 Å². The largest absolute Gasteiger partial charge is 0.497 e. The lowest BCUT2D eigenvalue weighted by molar-refractivity contribution is -0.136. The highest BCUT2D eigenvalue weighted by atomic mass is 32.2. The predicted octanol–water partition coefficient (Wildman–Crippen LogP) is 2.58. The van der Waals surface area contributed by atoms with Crippen LogP contribution >= 0.6 is 0 Å². The normalized spacial score (nSPS) is 11.7.